The Bertz CT molecular complexity index is 987. The molecule has 0 saturated carbocycles. The van der Waals surface area contributed by atoms with Crippen molar-refractivity contribution in [3.05, 3.63) is 59.4 Å². The molecule has 0 bridgehead atoms. The number of benzene rings is 2. The number of thioether (sulfide) groups is 1. The Morgan fingerprint density at radius 3 is 2.96 bits per heavy atom. The molecule has 0 atom stereocenters. The van der Waals surface area contributed by atoms with Crippen LogP contribution in [0.25, 0.3) is 11.4 Å². The van der Waals surface area contributed by atoms with Crippen LogP contribution < -0.4 is 4.74 Å². The average Bonchev–Trinajstić information content (AvgIpc) is 3.26. The van der Waals surface area contributed by atoms with Gasteiger partial charge in [0, 0.05) is 19.0 Å². The van der Waals surface area contributed by atoms with Gasteiger partial charge in [0.1, 0.15) is 11.6 Å². The summed E-state index contributed by atoms with van der Waals surface area (Å²) in [5, 5.41) is 8.73. The van der Waals surface area contributed by atoms with Crippen LogP contribution in [0.2, 0.25) is 0 Å². The van der Waals surface area contributed by atoms with Crippen molar-refractivity contribution in [2.75, 3.05) is 12.4 Å². The maximum Gasteiger partial charge on any atom is 0.191 e. The number of Topliss-reactive ketones (excluding diaryl/α,β-unsaturated/α-hetero) is 1. The van der Waals surface area contributed by atoms with Crippen molar-refractivity contribution in [1.82, 2.24) is 14.8 Å². The third-order valence-corrected chi connectivity index (χ3v) is 5.31. The van der Waals surface area contributed by atoms with Crippen molar-refractivity contribution in [3.63, 3.8) is 0 Å². The minimum Gasteiger partial charge on any atom is -0.493 e. The van der Waals surface area contributed by atoms with E-state index in [1.807, 2.05) is 12.1 Å². The number of hydrogen-bond donors (Lipinski definition) is 0. The summed E-state index contributed by atoms with van der Waals surface area (Å²) < 4.78 is 21.1. The highest BCUT2D eigenvalue weighted by Crippen LogP contribution is 2.28. The van der Waals surface area contributed by atoms with E-state index in [4.69, 9.17) is 4.74 Å². The summed E-state index contributed by atoms with van der Waals surface area (Å²) in [6.07, 6.45) is 0.832. The van der Waals surface area contributed by atoms with Gasteiger partial charge in [-0.05, 0) is 35.9 Å². The molecule has 0 radical (unpaired) electrons. The van der Waals surface area contributed by atoms with E-state index in [9.17, 15) is 9.18 Å². The first-order valence-electron chi connectivity index (χ1n) is 8.19. The number of aromatic nitrogens is 3. The molecule has 0 unspecified atom stereocenters. The van der Waals surface area contributed by atoms with Gasteiger partial charge in [-0.25, -0.2) is 4.39 Å². The molecule has 26 heavy (non-hydrogen) atoms. The second-order valence-electron chi connectivity index (χ2n) is 5.98. The van der Waals surface area contributed by atoms with Crippen molar-refractivity contribution in [2.24, 2.45) is 7.05 Å². The zero-order chi connectivity index (χ0) is 18.1. The van der Waals surface area contributed by atoms with Gasteiger partial charge in [-0.15, -0.1) is 10.2 Å². The lowest BCUT2D eigenvalue weighted by Crippen LogP contribution is -2.04. The highest BCUT2D eigenvalue weighted by Gasteiger charge is 2.18. The summed E-state index contributed by atoms with van der Waals surface area (Å²) in [5.74, 6) is 1.20. The summed E-state index contributed by atoms with van der Waals surface area (Å²) in [7, 11) is 1.77. The molecule has 7 heteroatoms. The molecule has 0 aliphatic carbocycles. The lowest BCUT2D eigenvalue weighted by Gasteiger charge is -2.05. The smallest absolute Gasteiger partial charge is 0.191 e. The molecule has 132 valence electrons. The number of halogens is 1. The van der Waals surface area contributed by atoms with Gasteiger partial charge < -0.3 is 9.30 Å². The summed E-state index contributed by atoms with van der Waals surface area (Å²) in [5.41, 5.74) is 2.12. The zero-order valence-corrected chi connectivity index (χ0v) is 14.9. The van der Waals surface area contributed by atoms with Gasteiger partial charge in [0.05, 0.1) is 17.9 Å². The second-order valence-corrected chi connectivity index (χ2v) is 6.92. The number of nitrogens with zero attached hydrogens (tertiary/aromatic N) is 3. The molecule has 1 aliphatic heterocycles. The predicted octanol–water partition coefficient (Wildman–Crippen LogP) is 3.53. The fraction of sp³-hybridized carbons (Fsp3) is 0.211. The molecular formula is C19H16FN3O2S. The van der Waals surface area contributed by atoms with Gasteiger partial charge in [-0.3, -0.25) is 4.79 Å². The van der Waals surface area contributed by atoms with Crippen LogP contribution in [0.3, 0.4) is 0 Å². The molecule has 1 aliphatic rings. The van der Waals surface area contributed by atoms with E-state index in [-0.39, 0.29) is 17.4 Å². The van der Waals surface area contributed by atoms with Gasteiger partial charge >= 0.3 is 0 Å². The van der Waals surface area contributed by atoms with E-state index in [2.05, 4.69) is 10.2 Å². The van der Waals surface area contributed by atoms with Crippen molar-refractivity contribution < 1.29 is 13.9 Å². The standard InChI is InChI=1S/C19H16FN3O2S/c1-23-18(14-4-2-3-5-15(14)20)21-22-19(23)26-11-16(24)12-6-7-17-13(10-12)8-9-25-17/h2-7,10H,8-9,11H2,1H3. The van der Waals surface area contributed by atoms with Crippen LogP contribution >= 0.6 is 11.8 Å². The first kappa shape index (κ1) is 16.8. The molecule has 2 aromatic carbocycles. The lowest BCUT2D eigenvalue weighted by atomic mass is 10.1. The SMILES string of the molecule is Cn1c(SCC(=O)c2ccc3c(c2)CCO3)nnc1-c1ccccc1F. The maximum absolute atomic E-state index is 14.0. The minimum atomic E-state index is -0.351. The number of fused-ring (bicyclic) bond motifs is 1. The number of carbonyl (C=O) groups excluding carboxylic acids is 1. The highest BCUT2D eigenvalue weighted by atomic mass is 32.2. The van der Waals surface area contributed by atoms with Crippen LogP contribution in [-0.2, 0) is 13.5 Å². The molecule has 0 saturated heterocycles. The Kier molecular flexibility index (Phi) is 4.46. The Hall–Kier alpha value is -2.67. The van der Waals surface area contributed by atoms with E-state index < -0.39 is 0 Å². The Morgan fingerprint density at radius 1 is 1.27 bits per heavy atom. The van der Waals surface area contributed by atoms with Crippen LogP contribution in [0.15, 0.2) is 47.6 Å². The predicted molar refractivity (Wildman–Crippen MR) is 97.1 cm³/mol. The van der Waals surface area contributed by atoms with E-state index in [1.54, 1.807) is 35.9 Å². The molecule has 0 fully saturated rings. The minimum absolute atomic E-state index is 0.0140. The molecule has 5 nitrogen and oxygen atoms in total. The van der Waals surface area contributed by atoms with Crippen molar-refractivity contribution in [2.45, 2.75) is 11.6 Å². The number of ether oxygens (including phenoxy) is 1. The summed E-state index contributed by atoms with van der Waals surface area (Å²) in [4.78, 5) is 12.5. The van der Waals surface area contributed by atoms with Gasteiger partial charge in [-0.1, -0.05) is 23.9 Å². The number of hydrogen-bond acceptors (Lipinski definition) is 5. The first-order chi connectivity index (χ1) is 12.6. The van der Waals surface area contributed by atoms with Crippen molar-refractivity contribution in [1.29, 1.82) is 0 Å². The zero-order valence-electron chi connectivity index (χ0n) is 14.1. The van der Waals surface area contributed by atoms with Crippen LogP contribution in [0, 0.1) is 5.82 Å². The maximum atomic E-state index is 14.0. The lowest BCUT2D eigenvalue weighted by molar-refractivity contribution is 0.102. The normalized spacial score (nSPS) is 12.7. The first-order valence-corrected chi connectivity index (χ1v) is 9.18. The third-order valence-electron chi connectivity index (χ3n) is 4.29. The van der Waals surface area contributed by atoms with Gasteiger partial charge in [0.25, 0.3) is 0 Å². The third kappa shape index (κ3) is 3.10. The second kappa shape index (κ2) is 6.92. The van der Waals surface area contributed by atoms with Crippen molar-refractivity contribution >= 4 is 17.5 Å². The van der Waals surface area contributed by atoms with Gasteiger partial charge in [0.2, 0.25) is 0 Å². The summed E-state index contributed by atoms with van der Waals surface area (Å²) >= 11 is 1.29. The van der Waals surface area contributed by atoms with Gasteiger partial charge in [0.15, 0.2) is 16.8 Å². The fourth-order valence-corrected chi connectivity index (χ4v) is 3.70. The highest BCUT2D eigenvalue weighted by molar-refractivity contribution is 7.99. The largest absolute Gasteiger partial charge is 0.493 e. The molecule has 1 aromatic heterocycles. The van der Waals surface area contributed by atoms with E-state index in [0.29, 0.717) is 28.7 Å². The van der Waals surface area contributed by atoms with Crippen LogP contribution in [0.1, 0.15) is 15.9 Å². The Balaban J connectivity index is 1.49. The summed E-state index contributed by atoms with van der Waals surface area (Å²) in [6, 6.07) is 12.0. The van der Waals surface area contributed by atoms with Crippen LogP contribution in [0.5, 0.6) is 5.75 Å². The van der Waals surface area contributed by atoms with E-state index >= 15 is 0 Å². The quantitative estimate of drug-likeness (QED) is 0.509. The molecule has 2 heterocycles. The van der Waals surface area contributed by atoms with Crippen LogP contribution in [0.4, 0.5) is 4.39 Å². The van der Waals surface area contributed by atoms with Crippen LogP contribution in [-0.4, -0.2) is 32.9 Å². The Morgan fingerprint density at radius 2 is 2.12 bits per heavy atom. The molecule has 4 rings (SSSR count). The molecular weight excluding hydrogens is 353 g/mol. The number of carbonyl (C=O) groups is 1. The number of rotatable bonds is 5. The van der Waals surface area contributed by atoms with Crippen molar-refractivity contribution in [3.8, 4) is 17.1 Å². The average molecular weight is 369 g/mol. The Labute approximate surface area is 154 Å². The number of ketones is 1. The fourth-order valence-electron chi connectivity index (χ4n) is 2.89. The monoisotopic (exact) mass is 369 g/mol. The summed E-state index contributed by atoms with van der Waals surface area (Å²) in [6.45, 7) is 0.666. The molecule has 0 amide bonds. The molecule has 0 spiro atoms. The topological polar surface area (TPSA) is 57.0 Å². The molecule has 0 N–H and O–H groups in total. The van der Waals surface area contributed by atoms with E-state index in [1.165, 1.54) is 17.8 Å². The molecule has 3 aromatic rings. The van der Waals surface area contributed by atoms with E-state index in [0.717, 1.165) is 17.7 Å². The van der Waals surface area contributed by atoms with Gasteiger partial charge in [-0.2, -0.15) is 0 Å².